The molecule has 0 aromatic heterocycles. The van der Waals surface area contributed by atoms with Gasteiger partial charge in [-0.2, -0.15) is 0 Å². The molecular weight excluding hydrogens is 921 g/mol. The molecule has 23 nitrogen and oxygen atoms in total. The number of Topliss-reactive ketones (excluding diaryl/α,β-unsaturated/α-hetero) is 3. The Morgan fingerprint density at radius 1 is 0.559 bits per heavy atom. The highest BCUT2D eigenvalue weighted by molar-refractivity contribution is 7.90. The molecule has 1 rings (SSSR count). The van der Waals surface area contributed by atoms with Gasteiger partial charge in [0.15, 0.2) is 11.6 Å². The monoisotopic (exact) mass is 986 g/mol. The molecule has 1 aromatic carbocycles. The van der Waals surface area contributed by atoms with Gasteiger partial charge in [0.05, 0.1) is 44.7 Å². The molecule has 0 spiro atoms. The van der Waals surface area contributed by atoms with Crippen molar-refractivity contribution in [2.45, 2.75) is 103 Å². The minimum absolute atomic E-state index is 0.00123. The van der Waals surface area contributed by atoms with Crippen molar-refractivity contribution in [1.29, 1.82) is 0 Å². The summed E-state index contributed by atoms with van der Waals surface area (Å²) in [6.45, 7) is 2.26. The summed E-state index contributed by atoms with van der Waals surface area (Å²) in [6.07, 6.45) is -1.04. The zero-order valence-electron chi connectivity index (χ0n) is 38.4. The van der Waals surface area contributed by atoms with Gasteiger partial charge in [-0.15, -0.1) is 0 Å². The predicted octanol–water partition coefficient (Wildman–Crippen LogP) is 0.877. The molecule has 0 aliphatic carbocycles. The smallest absolute Gasteiger partial charge is 0.326 e. The summed E-state index contributed by atoms with van der Waals surface area (Å²) in [6, 6.07) is 5.88. The van der Waals surface area contributed by atoms with E-state index in [9.17, 15) is 66.6 Å². The van der Waals surface area contributed by atoms with Crippen molar-refractivity contribution in [2.24, 2.45) is 5.92 Å². The van der Waals surface area contributed by atoms with E-state index >= 15 is 0 Å². The number of carbonyl (C=O) groups is 10. The van der Waals surface area contributed by atoms with Crippen LogP contribution in [0.2, 0.25) is 0 Å². The van der Waals surface area contributed by atoms with E-state index in [-0.39, 0.29) is 128 Å². The number of amides is 4. The lowest BCUT2D eigenvalue weighted by molar-refractivity contribution is -0.145. The Labute approximate surface area is 395 Å². The lowest BCUT2D eigenvalue weighted by Crippen LogP contribution is -2.41. The topological polar surface area (TPSA) is 351 Å². The number of carbonyl (C=O) groups excluding carboxylic acids is 7. The van der Waals surface area contributed by atoms with Gasteiger partial charge in [0.2, 0.25) is 33.7 Å². The number of carboxylic acids is 3. The van der Waals surface area contributed by atoms with E-state index in [4.69, 9.17) is 24.1 Å². The molecule has 382 valence electrons. The van der Waals surface area contributed by atoms with Crippen molar-refractivity contribution < 1.29 is 90.6 Å². The second kappa shape index (κ2) is 35.5. The number of hydrogen-bond acceptors (Lipinski definition) is 16. The van der Waals surface area contributed by atoms with Crippen LogP contribution < -0.4 is 20.7 Å². The molecular formula is C44H66N4O19S. The van der Waals surface area contributed by atoms with Crippen molar-refractivity contribution in [3.8, 4) is 0 Å². The van der Waals surface area contributed by atoms with E-state index in [1.165, 1.54) is 0 Å². The number of sulfonamides is 1. The number of ketones is 3. The van der Waals surface area contributed by atoms with E-state index in [1.807, 2.05) is 23.8 Å². The van der Waals surface area contributed by atoms with Gasteiger partial charge in [0.1, 0.15) is 25.0 Å². The van der Waals surface area contributed by atoms with Gasteiger partial charge in [-0.1, -0.05) is 29.8 Å². The van der Waals surface area contributed by atoms with Crippen molar-refractivity contribution in [2.75, 3.05) is 71.7 Å². The van der Waals surface area contributed by atoms with Crippen LogP contribution >= 0.6 is 0 Å². The van der Waals surface area contributed by atoms with E-state index < -0.39 is 88.6 Å². The fourth-order valence-electron chi connectivity index (χ4n) is 5.93. The zero-order chi connectivity index (χ0) is 50.7. The van der Waals surface area contributed by atoms with Crippen LogP contribution in [-0.2, 0) is 72.1 Å². The molecule has 0 fully saturated rings. The molecule has 0 bridgehead atoms. The lowest BCUT2D eigenvalue weighted by atomic mass is 9.97. The number of hydrogen-bond donors (Lipinski definition) is 7. The van der Waals surface area contributed by atoms with Crippen LogP contribution in [0.4, 0.5) is 0 Å². The normalized spacial score (nSPS) is 12.0. The van der Waals surface area contributed by atoms with Crippen LogP contribution in [0.25, 0.3) is 0 Å². The molecule has 24 heteroatoms. The first-order chi connectivity index (χ1) is 32.3. The molecule has 0 saturated carbocycles. The van der Waals surface area contributed by atoms with Crippen molar-refractivity contribution in [3.05, 3.63) is 35.4 Å². The predicted molar refractivity (Wildman–Crippen MR) is 240 cm³/mol. The van der Waals surface area contributed by atoms with Gasteiger partial charge in [0.25, 0.3) is 0 Å². The molecule has 0 heterocycles. The quantitative estimate of drug-likeness (QED) is 0.0353. The summed E-state index contributed by atoms with van der Waals surface area (Å²) in [5.41, 5.74) is 1.69. The summed E-state index contributed by atoms with van der Waals surface area (Å²) in [4.78, 5) is 119. The largest absolute Gasteiger partial charge is 0.481 e. The number of carboxylic acid groups (broad SMARTS) is 3. The number of benzene rings is 1. The van der Waals surface area contributed by atoms with E-state index in [0.29, 0.717) is 31.4 Å². The van der Waals surface area contributed by atoms with Crippen LogP contribution in [0, 0.1) is 12.8 Å². The van der Waals surface area contributed by atoms with Crippen LogP contribution in [0.15, 0.2) is 24.3 Å². The molecule has 0 aliphatic rings. The van der Waals surface area contributed by atoms with Gasteiger partial charge >= 0.3 is 17.9 Å². The zero-order valence-corrected chi connectivity index (χ0v) is 39.2. The minimum atomic E-state index is -3.99. The minimum Gasteiger partial charge on any atom is -0.481 e. The summed E-state index contributed by atoms with van der Waals surface area (Å²) in [5.74, 6) is -8.81. The third kappa shape index (κ3) is 32.1. The van der Waals surface area contributed by atoms with Crippen LogP contribution in [0.1, 0.15) is 106 Å². The first-order valence-corrected chi connectivity index (χ1v) is 23.9. The molecule has 2 unspecified atom stereocenters. The molecule has 0 saturated heterocycles. The Balaban J connectivity index is 2.15. The number of ether oxygens (including phenoxy) is 4. The van der Waals surface area contributed by atoms with Gasteiger partial charge in [0, 0.05) is 76.6 Å². The summed E-state index contributed by atoms with van der Waals surface area (Å²) in [5, 5.41) is 35.2. The Morgan fingerprint density at radius 3 is 1.85 bits per heavy atom. The van der Waals surface area contributed by atoms with Gasteiger partial charge in [-0.3, -0.25) is 47.9 Å². The molecule has 1 aromatic rings. The van der Waals surface area contributed by atoms with Crippen LogP contribution in [0.5, 0.6) is 0 Å². The Morgan fingerprint density at radius 2 is 1.19 bits per heavy atom. The second-order valence-corrected chi connectivity index (χ2v) is 17.4. The Hall–Kier alpha value is -5.69. The highest BCUT2D eigenvalue weighted by Gasteiger charge is 2.25. The number of nitrogens with one attached hydrogen (secondary N) is 4. The van der Waals surface area contributed by atoms with Crippen LogP contribution in [0.3, 0.4) is 0 Å². The molecule has 2 atom stereocenters. The fraction of sp³-hybridized carbons (Fsp3) is 0.636. The van der Waals surface area contributed by atoms with E-state index in [1.54, 1.807) is 12.1 Å². The first kappa shape index (κ1) is 60.3. The third-order valence-electron chi connectivity index (χ3n) is 9.60. The maximum absolute atomic E-state index is 12.5. The van der Waals surface area contributed by atoms with Crippen molar-refractivity contribution in [3.63, 3.8) is 0 Å². The molecule has 4 amide bonds. The number of aliphatic carboxylic acids is 3. The molecule has 0 radical (unpaired) electrons. The molecule has 68 heavy (non-hydrogen) atoms. The van der Waals surface area contributed by atoms with E-state index in [2.05, 4.69) is 16.0 Å². The standard InChI is InChI=1S/C44H66N4O19S/c1-31-11-13-32(14-12-31)37(51)7-3-19-45-41(55)30-67-26-23-64-21-4-6-34(49)16-17-36(44(60)61)47-39(53)18-15-33(43(58)59)28-35(50)29-66-25-24-65-22-20-46-38(52)9-5-27-68(62,63)48-40(54)8-2-10-42(56)57/h11-14,33,36H,2-10,15-30H2,1H3,(H,45,55)(H,46,52)(H,47,53)(H,48,54)(H,56,57)(H,58,59)(H,60,61). The van der Waals surface area contributed by atoms with E-state index in [0.717, 1.165) is 5.56 Å². The SMILES string of the molecule is Cc1ccc(C(=O)CCCNC(=O)COCCOCCCC(=O)CCC(NC(=O)CCC(CC(=O)COCCOCCNC(=O)CCCS(=O)(=O)NC(=O)CCCC(=O)O)C(=O)O)C(=O)O)cc1. The van der Waals surface area contributed by atoms with Gasteiger partial charge < -0.3 is 50.2 Å². The summed E-state index contributed by atoms with van der Waals surface area (Å²) >= 11 is 0. The van der Waals surface area contributed by atoms with Gasteiger partial charge in [-0.05, 0) is 45.4 Å². The lowest BCUT2D eigenvalue weighted by Gasteiger charge is -2.16. The fourth-order valence-corrected chi connectivity index (χ4v) is 7.00. The molecule has 0 aliphatic heterocycles. The Kier molecular flexibility index (Phi) is 31.5. The summed E-state index contributed by atoms with van der Waals surface area (Å²) in [7, 11) is -3.99. The maximum Gasteiger partial charge on any atom is 0.326 e. The van der Waals surface area contributed by atoms with Crippen molar-refractivity contribution >= 4 is 68.9 Å². The Bertz CT molecular complexity index is 1910. The highest BCUT2D eigenvalue weighted by atomic mass is 32.2. The molecule has 7 N–H and O–H groups in total. The van der Waals surface area contributed by atoms with Crippen LogP contribution in [-0.4, -0.2) is 160 Å². The average molecular weight is 987 g/mol. The van der Waals surface area contributed by atoms with Crippen molar-refractivity contribution in [1.82, 2.24) is 20.7 Å². The number of rotatable bonds is 42. The highest BCUT2D eigenvalue weighted by Crippen LogP contribution is 2.14. The first-order valence-electron chi connectivity index (χ1n) is 22.3. The number of aryl methyl sites for hydroxylation is 1. The second-order valence-electron chi connectivity index (χ2n) is 15.6. The third-order valence-corrected chi connectivity index (χ3v) is 11.0. The summed E-state index contributed by atoms with van der Waals surface area (Å²) < 4.78 is 46.9. The van der Waals surface area contributed by atoms with Gasteiger partial charge in [-0.25, -0.2) is 13.2 Å². The maximum atomic E-state index is 12.5. The average Bonchev–Trinajstić information content (AvgIpc) is 3.26.